The van der Waals surface area contributed by atoms with Crippen molar-refractivity contribution < 1.29 is 9.47 Å². The minimum absolute atomic E-state index is 0.0631. The highest BCUT2D eigenvalue weighted by molar-refractivity contribution is 7.80. The molecule has 0 aromatic rings. The minimum Gasteiger partial charge on any atom is -0.393 e. The summed E-state index contributed by atoms with van der Waals surface area (Å²) in [5.74, 6) is 0.352. The van der Waals surface area contributed by atoms with E-state index >= 15 is 0 Å². The molecule has 13 heavy (non-hydrogen) atoms. The van der Waals surface area contributed by atoms with Crippen LogP contribution >= 0.6 is 12.2 Å². The van der Waals surface area contributed by atoms with E-state index in [1.807, 2.05) is 0 Å². The Labute approximate surface area is 83.6 Å². The van der Waals surface area contributed by atoms with Crippen molar-refractivity contribution in [3.8, 4) is 0 Å². The summed E-state index contributed by atoms with van der Waals surface area (Å²) in [7, 11) is 0. The van der Waals surface area contributed by atoms with Crippen molar-refractivity contribution in [1.29, 1.82) is 0 Å². The van der Waals surface area contributed by atoms with E-state index in [4.69, 9.17) is 27.4 Å². The first-order valence-corrected chi connectivity index (χ1v) is 5.14. The smallest absolute Gasteiger partial charge is 0.0943 e. The van der Waals surface area contributed by atoms with Crippen LogP contribution in [0.4, 0.5) is 0 Å². The van der Waals surface area contributed by atoms with Gasteiger partial charge in [-0.25, -0.2) is 0 Å². The number of hydrogen-bond donors (Lipinski definition) is 1. The lowest BCUT2D eigenvalue weighted by atomic mass is 9.85. The van der Waals surface area contributed by atoms with E-state index in [0.717, 1.165) is 32.5 Å². The van der Waals surface area contributed by atoms with Gasteiger partial charge < -0.3 is 15.2 Å². The number of rotatable bonds is 1. The number of ether oxygens (including phenoxy) is 2. The second kappa shape index (κ2) is 3.52. The zero-order valence-electron chi connectivity index (χ0n) is 7.62. The molecular weight excluding hydrogens is 186 g/mol. The average Bonchev–Trinajstić information content (AvgIpc) is 2.53. The van der Waals surface area contributed by atoms with Crippen LogP contribution in [0, 0.1) is 5.92 Å². The molecule has 2 heterocycles. The summed E-state index contributed by atoms with van der Waals surface area (Å²) in [6.45, 7) is 2.29. The first-order valence-electron chi connectivity index (χ1n) is 4.73. The molecule has 2 aliphatic heterocycles. The summed E-state index contributed by atoms with van der Waals surface area (Å²) in [6.07, 6.45) is 2.91. The van der Waals surface area contributed by atoms with E-state index in [2.05, 4.69) is 0 Å². The van der Waals surface area contributed by atoms with Gasteiger partial charge in [0.2, 0.25) is 0 Å². The molecular formula is C9H15NO2S. The summed E-state index contributed by atoms with van der Waals surface area (Å²) in [4.78, 5) is 0.634. The molecule has 0 saturated carbocycles. The number of thiocarbonyl (C=S) groups is 1. The van der Waals surface area contributed by atoms with E-state index in [9.17, 15) is 0 Å². The van der Waals surface area contributed by atoms with Crippen molar-refractivity contribution in [1.82, 2.24) is 0 Å². The van der Waals surface area contributed by atoms with Crippen molar-refractivity contribution in [2.75, 3.05) is 19.8 Å². The molecule has 2 N–H and O–H groups in total. The van der Waals surface area contributed by atoms with E-state index in [1.165, 1.54) is 0 Å². The summed E-state index contributed by atoms with van der Waals surface area (Å²) in [6, 6.07) is 0. The highest BCUT2D eigenvalue weighted by Crippen LogP contribution is 2.35. The third kappa shape index (κ3) is 1.85. The molecule has 2 rings (SSSR count). The molecule has 0 bridgehead atoms. The Kier molecular flexibility index (Phi) is 2.53. The summed E-state index contributed by atoms with van der Waals surface area (Å²) in [5, 5.41) is 0. The first-order chi connectivity index (χ1) is 6.22. The predicted octanol–water partition coefficient (Wildman–Crippen LogP) is 0.858. The molecule has 2 unspecified atom stereocenters. The highest BCUT2D eigenvalue weighted by atomic mass is 32.1. The van der Waals surface area contributed by atoms with Crippen LogP contribution in [0.25, 0.3) is 0 Å². The van der Waals surface area contributed by atoms with Crippen LogP contribution in [0.15, 0.2) is 0 Å². The van der Waals surface area contributed by atoms with E-state index in [1.54, 1.807) is 0 Å². The van der Waals surface area contributed by atoms with Gasteiger partial charge in [0.1, 0.15) is 0 Å². The lowest BCUT2D eigenvalue weighted by Gasteiger charge is -2.36. The van der Waals surface area contributed by atoms with Crippen molar-refractivity contribution in [3.05, 3.63) is 0 Å². The summed E-state index contributed by atoms with van der Waals surface area (Å²) >= 11 is 5.02. The van der Waals surface area contributed by atoms with Gasteiger partial charge in [-0.3, -0.25) is 0 Å². The molecule has 0 radical (unpaired) electrons. The third-order valence-corrected chi connectivity index (χ3v) is 3.30. The fourth-order valence-electron chi connectivity index (χ4n) is 2.13. The maximum atomic E-state index is 5.77. The van der Waals surface area contributed by atoms with Gasteiger partial charge in [-0.2, -0.15) is 0 Å². The molecule has 2 saturated heterocycles. The van der Waals surface area contributed by atoms with Gasteiger partial charge in [-0.15, -0.1) is 0 Å². The highest BCUT2D eigenvalue weighted by Gasteiger charge is 2.41. The van der Waals surface area contributed by atoms with Gasteiger partial charge in [0.15, 0.2) is 0 Å². The molecule has 1 spiro atoms. The fraction of sp³-hybridized carbons (Fsp3) is 0.889. The van der Waals surface area contributed by atoms with Crippen molar-refractivity contribution in [2.45, 2.75) is 24.9 Å². The SMILES string of the molecule is NC(=S)C1CCOC2(CCOC2)C1. The van der Waals surface area contributed by atoms with Gasteiger partial charge in [-0.05, 0) is 12.8 Å². The lowest BCUT2D eigenvalue weighted by molar-refractivity contribution is -0.0882. The molecule has 2 atom stereocenters. The van der Waals surface area contributed by atoms with Crippen molar-refractivity contribution >= 4 is 17.2 Å². The van der Waals surface area contributed by atoms with Gasteiger partial charge in [0.25, 0.3) is 0 Å². The maximum absolute atomic E-state index is 5.77. The Hall–Kier alpha value is -0.190. The summed E-state index contributed by atoms with van der Waals surface area (Å²) < 4.78 is 11.1. The van der Waals surface area contributed by atoms with Gasteiger partial charge in [0, 0.05) is 25.6 Å². The largest absolute Gasteiger partial charge is 0.393 e. The Morgan fingerprint density at radius 3 is 2.92 bits per heavy atom. The monoisotopic (exact) mass is 201 g/mol. The zero-order valence-corrected chi connectivity index (χ0v) is 8.44. The van der Waals surface area contributed by atoms with Crippen LogP contribution in [-0.4, -0.2) is 30.4 Å². The second-order valence-electron chi connectivity index (χ2n) is 3.93. The van der Waals surface area contributed by atoms with Crippen LogP contribution in [0.5, 0.6) is 0 Å². The second-order valence-corrected chi connectivity index (χ2v) is 4.40. The predicted molar refractivity (Wildman–Crippen MR) is 53.6 cm³/mol. The molecule has 2 fully saturated rings. The number of hydrogen-bond acceptors (Lipinski definition) is 3. The molecule has 0 aromatic heterocycles. The van der Waals surface area contributed by atoms with Crippen LogP contribution in [-0.2, 0) is 9.47 Å². The molecule has 2 aliphatic rings. The number of nitrogens with two attached hydrogens (primary N) is 1. The maximum Gasteiger partial charge on any atom is 0.0943 e. The zero-order chi connectivity index (χ0) is 9.31. The molecule has 0 amide bonds. The minimum atomic E-state index is -0.0631. The van der Waals surface area contributed by atoms with Crippen molar-refractivity contribution in [3.63, 3.8) is 0 Å². The van der Waals surface area contributed by atoms with Crippen LogP contribution in [0.1, 0.15) is 19.3 Å². The molecule has 4 heteroatoms. The third-order valence-electron chi connectivity index (χ3n) is 2.96. The Balaban J connectivity index is 2.02. The Bertz CT molecular complexity index is 214. The topological polar surface area (TPSA) is 44.5 Å². The quantitative estimate of drug-likeness (QED) is 0.639. The first kappa shape index (κ1) is 9.37. The average molecular weight is 201 g/mol. The van der Waals surface area contributed by atoms with E-state index in [0.29, 0.717) is 17.5 Å². The van der Waals surface area contributed by atoms with Gasteiger partial charge in [0.05, 0.1) is 17.2 Å². The molecule has 3 nitrogen and oxygen atoms in total. The lowest BCUT2D eigenvalue weighted by Crippen LogP contribution is -2.43. The fourth-order valence-corrected chi connectivity index (χ4v) is 2.34. The van der Waals surface area contributed by atoms with E-state index in [-0.39, 0.29) is 5.60 Å². The molecule has 0 aromatic carbocycles. The normalized spacial score (nSPS) is 39.5. The van der Waals surface area contributed by atoms with E-state index < -0.39 is 0 Å². The van der Waals surface area contributed by atoms with Crippen LogP contribution < -0.4 is 5.73 Å². The van der Waals surface area contributed by atoms with Crippen LogP contribution in [0.3, 0.4) is 0 Å². The van der Waals surface area contributed by atoms with Crippen LogP contribution in [0.2, 0.25) is 0 Å². The molecule has 74 valence electrons. The standard InChI is InChI=1S/C9H15NO2S/c10-8(13)7-1-3-12-9(5-7)2-4-11-6-9/h7H,1-6H2,(H2,10,13). The van der Waals surface area contributed by atoms with Gasteiger partial charge >= 0.3 is 0 Å². The van der Waals surface area contributed by atoms with Crippen molar-refractivity contribution in [2.24, 2.45) is 11.7 Å². The Morgan fingerprint density at radius 1 is 1.46 bits per heavy atom. The Morgan fingerprint density at radius 2 is 2.31 bits per heavy atom. The molecule has 0 aliphatic carbocycles. The summed E-state index contributed by atoms with van der Waals surface area (Å²) in [5.41, 5.74) is 5.59. The van der Waals surface area contributed by atoms with Gasteiger partial charge in [-0.1, -0.05) is 12.2 Å².